The van der Waals surface area contributed by atoms with Crippen molar-refractivity contribution < 1.29 is 4.74 Å². The number of rotatable bonds is 2. The quantitative estimate of drug-likeness (QED) is 0.907. The molecule has 4 rings (SSSR count). The number of benzene rings is 2. The highest BCUT2D eigenvalue weighted by atomic mass is 35.5. The third-order valence-corrected chi connectivity index (χ3v) is 4.52. The standard InChI is InChI=1S/C19H20N2O.ClH/c20-13-15-9-11-22-19-12-16(7-8-17(15)19)21-10-3-5-14-4-1-2-6-18(14)21;/h1-2,4,6-9,12H,3,5,10-11,13,20H2;1H. The summed E-state index contributed by atoms with van der Waals surface area (Å²) in [6.07, 6.45) is 4.41. The second kappa shape index (κ2) is 6.65. The van der Waals surface area contributed by atoms with Crippen LogP contribution in [0.2, 0.25) is 0 Å². The van der Waals surface area contributed by atoms with Crippen molar-refractivity contribution >= 4 is 29.4 Å². The van der Waals surface area contributed by atoms with Gasteiger partial charge < -0.3 is 15.4 Å². The summed E-state index contributed by atoms with van der Waals surface area (Å²) < 4.78 is 5.82. The zero-order valence-corrected chi connectivity index (χ0v) is 13.8. The van der Waals surface area contributed by atoms with Gasteiger partial charge >= 0.3 is 0 Å². The predicted octanol–water partition coefficient (Wildman–Crippen LogP) is 3.93. The summed E-state index contributed by atoms with van der Waals surface area (Å²) in [5.41, 5.74) is 12.1. The zero-order chi connectivity index (χ0) is 14.9. The van der Waals surface area contributed by atoms with Crippen LogP contribution in [0.15, 0.2) is 48.5 Å². The van der Waals surface area contributed by atoms with E-state index in [1.165, 1.54) is 28.9 Å². The minimum atomic E-state index is 0. The first-order chi connectivity index (χ1) is 10.9. The number of fused-ring (bicyclic) bond motifs is 2. The molecular formula is C19H21ClN2O. The lowest BCUT2D eigenvalue weighted by molar-refractivity contribution is 0.357. The van der Waals surface area contributed by atoms with Crippen LogP contribution in [0.1, 0.15) is 17.5 Å². The fraction of sp³-hybridized carbons (Fsp3) is 0.263. The van der Waals surface area contributed by atoms with Gasteiger partial charge in [-0.1, -0.05) is 18.2 Å². The van der Waals surface area contributed by atoms with Gasteiger partial charge in [0.25, 0.3) is 0 Å². The van der Waals surface area contributed by atoms with Crippen LogP contribution in [0, 0.1) is 0 Å². The van der Waals surface area contributed by atoms with E-state index in [-0.39, 0.29) is 12.4 Å². The van der Waals surface area contributed by atoms with Gasteiger partial charge in [0, 0.05) is 36.1 Å². The summed E-state index contributed by atoms with van der Waals surface area (Å²) in [6, 6.07) is 15.1. The van der Waals surface area contributed by atoms with Gasteiger partial charge in [0.2, 0.25) is 0 Å². The smallest absolute Gasteiger partial charge is 0.129 e. The van der Waals surface area contributed by atoms with Gasteiger partial charge in [0.15, 0.2) is 0 Å². The fourth-order valence-corrected chi connectivity index (χ4v) is 3.40. The molecule has 0 atom stereocenters. The molecule has 2 aromatic rings. The van der Waals surface area contributed by atoms with Crippen LogP contribution in [0.25, 0.3) is 5.57 Å². The Morgan fingerprint density at radius 2 is 2.00 bits per heavy atom. The summed E-state index contributed by atoms with van der Waals surface area (Å²) >= 11 is 0. The van der Waals surface area contributed by atoms with Gasteiger partial charge in [0.1, 0.15) is 12.4 Å². The van der Waals surface area contributed by atoms with E-state index in [4.69, 9.17) is 10.5 Å². The molecule has 23 heavy (non-hydrogen) atoms. The van der Waals surface area contributed by atoms with Crippen molar-refractivity contribution in [3.05, 3.63) is 59.7 Å². The highest BCUT2D eigenvalue weighted by Crippen LogP contribution is 2.38. The first kappa shape index (κ1) is 15.9. The number of anilines is 2. The van der Waals surface area contributed by atoms with Crippen molar-refractivity contribution in [1.82, 2.24) is 0 Å². The first-order valence-corrected chi connectivity index (χ1v) is 7.88. The maximum absolute atomic E-state index is 5.83. The molecule has 0 aliphatic carbocycles. The topological polar surface area (TPSA) is 38.5 Å². The molecule has 2 N–H and O–H groups in total. The van der Waals surface area contributed by atoms with Crippen molar-refractivity contribution in [1.29, 1.82) is 0 Å². The van der Waals surface area contributed by atoms with Crippen molar-refractivity contribution in [2.75, 3.05) is 24.6 Å². The van der Waals surface area contributed by atoms with E-state index < -0.39 is 0 Å². The van der Waals surface area contributed by atoms with Crippen molar-refractivity contribution in [2.24, 2.45) is 5.73 Å². The third-order valence-electron chi connectivity index (χ3n) is 4.52. The van der Waals surface area contributed by atoms with Gasteiger partial charge in [-0.05, 0) is 48.3 Å². The highest BCUT2D eigenvalue weighted by Gasteiger charge is 2.20. The Kier molecular flexibility index (Phi) is 4.60. The number of halogens is 1. The van der Waals surface area contributed by atoms with Crippen LogP contribution >= 0.6 is 12.4 Å². The largest absolute Gasteiger partial charge is 0.489 e. The molecule has 0 unspecified atom stereocenters. The molecule has 0 spiro atoms. The minimum absolute atomic E-state index is 0. The number of ether oxygens (including phenoxy) is 1. The first-order valence-electron chi connectivity index (χ1n) is 7.88. The van der Waals surface area contributed by atoms with E-state index in [0.717, 1.165) is 24.3 Å². The molecule has 0 amide bonds. The summed E-state index contributed by atoms with van der Waals surface area (Å²) in [7, 11) is 0. The molecule has 0 aromatic heterocycles. The Hall–Kier alpha value is -1.97. The number of hydrogen-bond acceptors (Lipinski definition) is 3. The Bertz CT molecular complexity index is 742. The summed E-state index contributed by atoms with van der Waals surface area (Å²) in [6.45, 7) is 2.22. The summed E-state index contributed by atoms with van der Waals surface area (Å²) in [5.74, 6) is 0.948. The Balaban J connectivity index is 0.00000156. The number of nitrogens with zero attached hydrogens (tertiary/aromatic N) is 1. The van der Waals surface area contributed by atoms with Crippen LogP contribution in [-0.2, 0) is 6.42 Å². The predicted molar refractivity (Wildman–Crippen MR) is 98.0 cm³/mol. The monoisotopic (exact) mass is 328 g/mol. The molecule has 0 saturated carbocycles. The van der Waals surface area contributed by atoms with Crippen molar-refractivity contribution in [3.63, 3.8) is 0 Å². The van der Waals surface area contributed by atoms with Crippen LogP contribution in [-0.4, -0.2) is 19.7 Å². The lowest BCUT2D eigenvalue weighted by atomic mass is 9.99. The Labute approximate surface area is 143 Å². The summed E-state index contributed by atoms with van der Waals surface area (Å²) in [4.78, 5) is 2.39. The van der Waals surface area contributed by atoms with E-state index in [9.17, 15) is 0 Å². The molecule has 3 nitrogen and oxygen atoms in total. The summed E-state index contributed by atoms with van der Waals surface area (Å²) in [5, 5.41) is 0. The van der Waals surface area contributed by atoms with Crippen LogP contribution in [0.5, 0.6) is 5.75 Å². The maximum atomic E-state index is 5.83. The average Bonchev–Trinajstić information content (AvgIpc) is 2.60. The molecule has 0 radical (unpaired) electrons. The van der Waals surface area contributed by atoms with E-state index in [0.29, 0.717) is 13.2 Å². The lowest BCUT2D eigenvalue weighted by Crippen LogP contribution is -2.24. The number of aryl methyl sites for hydroxylation is 1. The molecular weight excluding hydrogens is 308 g/mol. The van der Waals surface area contributed by atoms with Crippen LogP contribution in [0.3, 0.4) is 0 Å². The van der Waals surface area contributed by atoms with E-state index in [2.05, 4.69) is 53.4 Å². The van der Waals surface area contributed by atoms with E-state index in [1.807, 2.05) is 0 Å². The van der Waals surface area contributed by atoms with Gasteiger partial charge in [0.05, 0.1) is 0 Å². The second-order valence-electron chi connectivity index (χ2n) is 5.81. The normalized spacial score (nSPS) is 15.7. The molecule has 2 heterocycles. The van der Waals surface area contributed by atoms with Crippen LogP contribution in [0.4, 0.5) is 11.4 Å². The molecule has 0 saturated heterocycles. The average molecular weight is 329 g/mol. The highest BCUT2D eigenvalue weighted by molar-refractivity contribution is 5.85. The third kappa shape index (κ3) is 2.82. The molecule has 120 valence electrons. The Morgan fingerprint density at radius 3 is 2.87 bits per heavy atom. The van der Waals surface area contributed by atoms with Crippen molar-refractivity contribution in [3.8, 4) is 5.75 Å². The SMILES string of the molecule is Cl.NCC1=CCOc2cc(N3CCCc4ccccc43)ccc21. The minimum Gasteiger partial charge on any atom is -0.489 e. The van der Waals surface area contributed by atoms with Gasteiger partial charge in [-0.25, -0.2) is 0 Å². The molecule has 2 aromatic carbocycles. The molecule has 0 fully saturated rings. The second-order valence-corrected chi connectivity index (χ2v) is 5.81. The van der Waals surface area contributed by atoms with Crippen LogP contribution < -0.4 is 15.4 Å². The fourth-order valence-electron chi connectivity index (χ4n) is 3.40. The van der Waals surface area contributed by atoms with Gasteiger partial charge in [-0.15, -0.1) is 12.4 Å². The zero-order valence-electron chi connectivity index (χ0n) is 13.0. The van der Waals surface area contributed by atoms with E-state index >= 15 is 0 Å². The van der Waals surface area contributed by atoms with Gasteiger partial charge in [-0.3, -0.25) is 0 Å². The Morgan fingerprint density at radius 1 is 1.13 bits per heavy atom. The number of nitrogens with two attached hydrogens (primary N) is 1. The number of hydrogen-bond donors (Lipinski definition) is 1. The molecule has 2 aliphatic heterocycles. The maximum Gasteiger partial charge on any atom is 0.129 e. The molecule has 0 bridgehead atoms. The lowest BCUT2D eigenvalue weighted by Gasteiger charge is -2.32. The molecule has 4 heteroatoms. The van der Waals surface area contributed by atoms with Crippen molar-refractivity contribution in [2.45, 2.75) is 12.8 Å². The number of para-hydroxylation sites is 1. The van der Waals surface area contributed by atoms with Gasteiger partial charge in [-0.2, -0.15) is 0 Å². The molecule has 2 aliphatic rings. The van der Waals surface area contributed by atoms with E-state index in [1.54, 1.807) is 0 Å².